The molecule has 1 aliphatic rings. The van der Waals surface area contributed by atoms with Crippen molar-refractivity contribution in [3.8, 4) is 0 Å². The number of hydrogen-bond acceptors (Lipinski definition) is 5. The molecule has 1 fully saturated rings. The molecule has 29 heavy (non-hydrogen) atoms. The molecule has 2 atom stereocenters. The first kappa shape index (κ1) is 19.8. The molecule has 1 N–H and O–H groups in total. The molecule has 2 heterocycles. The van der Waals surface area contributed by atoms with Crippen molar-refractivity contribution >= 4 is 16.5 Å². The van der Waals surface area contributed by atoms with Crippen LogP contribution in [0.25, 0.3) is 0 Å². The fourth-order valence-corrected chi connectivity index (χ4v) is 4.39. The number of anilines is 1. The number of alkyl halides is 3. The largest absolute Gasteiger partial charge is 0.416 e. The van der Waals surface area contributed by atoms with Crippen LogP contribution in [0, 0.1) is 5.82 Å². The van der Waals surface area contributed by atoms with Gasteiger partial charge in [0.15, 0.2) is 0 Å². The standard InChI is InChI=1S/C20H17F4N3OS/c21-16-4-2-1-3-13(16)9-18-25-26-19(29-18)27-11-15(28)10-17(27)12-5-7-14(8-6-12)20(22,23)24/h1-8,15,17,28H,9-11H2. The Morgan fingerprint density at radius 3 is 2.48 bits per heavy atom. The van der Waals surface area contributed by atoms with Gasteiger partial charge in [-0.15, -0.1) is 10.2 Å². The van der Waals surface area contributed by atoms with Gasteiger partial charge >= 0.3 is 6.18 Å². The fraction of sp³-hybridized carbons (Fsp3) is 0.300. The molecule has 1 aromatic heterocycles. The lowest BCUT2D eigenvalue weighted by atomic mass is 10.0. The highest BCUT2D eigenvalue weighted by molar-refractivity contribution is 7.15. The predicted octanol–water partition coefficient (Wildman–Crippen LogP) is 4.60. The number of aromatic nitrogens is 2. The van der Waals surface area contributed by atoms with E-state index in [0.717, 1.165) is 12.1 Å². The van der Waals surface area contributed by atoms with Gasteiger partial charge in [0.2, 0.25) is 5.13 Å². The van der Waals surface area contributed by atoms with Gasteiger partial charge in [0, 0.05) is 13.0 Å². The molecule has 2 unspecified atom stereocenters. The molecule has 4 nitrogen and oxygen atoms in total. The Bertz CT molecular complexity index is 990. The smallest absolute Gasteiger partial charge is 0.391 e. The highest BCUT2D eigenvalue weighted by Gasteiger charge is 2.35. The van der Waals surface area contributed by atoms with Crippen LogP contribution in [0.1, 0.15) is 34.2 Å². The maximum absolute atomic E-state index is 13.9. The summed E-state index contributed by atoms with van der Waals surface area (Å²) in [6, 6.07) is 11.1. The van der Waals surface area contributed by atoms with Gasteiger partial charge in [-0.1, -0.05) is 41.7 Å². The van der Waals surface area contributed by atoms with Crippen LogP contribution < -0.4 is 4.90 Å². The number of halogens is 4. The zero-order chi connectivity index (χ0) is 20.6. The molecule has 0 radical (unpaired) electrons. The number of nitrogens with zero attached hydrogens (tertiary/aromatic N) is 3. The molecule has 9 heteroatoms. The molecule has 0 amide bonds. The summed E-state index contributed by atoms with van der Waals surface area (Å²) in [5.74, 6) is -0.316. The van der Waals surface area contributed by atoms with Crippen molar-refractivity contribution in [3.05, 3.63) is 76.0 Å². The van der Waals surface area contributed by atoms with Crippen LogP contribution in [0.15, 0.2) is 48.5 Å². The SMILES string of the molecule is OC1CC(c2ccc(C(F)(F)F)cc2)N(c2nnc(Cc3ccccc3F)s2)C1. The maximum atomic E-state index is 13.9. The number of rotatable bonds is 4. The van der Waals surface area contributed by atoms with E-state index < -0.39 is 17.8 Å². The maximum Gasteiger partial charge on any atom is 0.416 e. The molecule has 2 aromatic carbocycles. The zero-order valence-corrected chi connectivity index (χ0v) is 15.9. The third kappa shape index (κ3) is 4.25. The van der Waals surface area contributed by atoms with Gasteiger partial charge in [-0.25, -0.2) is 4.39 Å². The first-order valence-corrected chi connectivity index (χ1v) is 9.80. The third-order valence-corrected chi connectivity index (χ3v) is 5.86. The summed E-state index contributed by atoms with van der Waals surface area (Å²) in [6.07, 6.45) is -4.34. The van der Waals surface area contributed by atoms with Crippen molar-refractivity contribution in [2.75, 3.05) is 11.4 Å². The molecular formula is C20H17F4N3OS. The summed E-state index contributed by atoms with van der Waals surface area (Å²) < 4.78 is 52.3. The van der Waals surface area contributed by atoms with Crippen molar-refractivity contribution in [2.45, 2.75) is 31.2 Å². The normalized spacial score (nSPS) is 19.7. The Hall–Kier alpha value is -2.52. The van der Waals surface area contributed by atoms with Gasteiger partial charge < -0.3 is 10.0 Å². The highest BCUT2D eigenvalue weighted by atomic mass is 32.1. The van der Waals surface area contributed by atoms with Gasteiger partial charge in [0.05, 0.1) is 17.7 Å². The van der Waals surface area contributed by atoms with E-state index in [1.54, 1.807) is 18.2 Å². The van der Waals surface area contributed by atoms with E-state index in [4.69, 9.17) is 0 Å². The van der Waals surface area contributed by atoms with E-state index in [1.807, 2.05) is 4.90 Å². The monoisotopic (exact) mass is 423 g/mol. The van der Waals surface area contributed by atoms with Crippen molar-refractivity contribution in [1.29, 1.82) is 0 Å². The molecular weight excluding hydrogens is 406 g/mol. The minimum atomic E-state index is -4.39. The molecule has 0 aliphatic carbocycles. The Morgan fingerprint density at radius 2 is 1.79 bits per heavy atom. The predicted molar refractivity (Wildman–Crippen MR) is 101 cm³/mol. The van der Waals surface area contributed by atoms with Crippen LogP contribution in [-0.4, -0.2) is 28.0 Å². The number of hydrogen-bond donors (Lipinski definition) is 1. The van der Waals surface area contributed by atoms with Crippen molar-refractivity contribution in [1.82, 2.24) is 10.2 Å². The number of β-amino-alcohol motifs (C(OH)–C–C–N with tert-alkyl or cyclic N) is 1. The second-order valence-electron chi connectivity index (χ2n) is 6.92. The first-order chi connectivity index (χ1) is 13.8. The summed E-state index contributed by atoms with van der Waals surface area (Å²) in [7, 11) is 0. The molecule has 4 rings (SSSR count). The second-order valence-corrected chi connectivity index (χ2v) is 7.96. The van der Waals surface area contributed by atoms with E-state index in [0.29, 0.717) is 40.7 Å². The Morgan fingerprint density at radius 1 is 1.07 bits per heavy atom. The van der Waals surface area contributed by atoms with Crippen molar-refractivity contribution < 1.29 is 22.7 Å². The van der Waals surface area contributed by atoms with E-state index in [9.17, 15) is 22.7 Å². The number of aliphatic hydroxyl groups excluding tert-OH is 1. The molecule has 1 aliphatic heterocycles. The average Bonchev–Trinajstić information content (AvgIpc) is 3.29. The fourth-order valence-electron chi connectivity index (χ4n) is 3.47. The summed E-state index contributed by atoms with van der Waals surface area (Å²) in [4.78, 5) is 1.84. The number of aliphatic hydroxyl groups is 1. The van der Waals surface area contributed by atoms with E-state index >= 15 is 0 Å². The lowest BCUT2D eigenvalue weighted by Gasteiger charge is -2.23. The van der Waals surface area contributed by atoms with Crippen LogP contribution in [0.5, 0.6) is 0 Å². The van der Waals surface area contributed by atoms with Crippen LogP contribution in [-0.2, 0) is 12.6 Å². The van der Waals surface area contributed by atoms with Gasteiger partial charge in [-0.3, -0.25) is 0 Å². The third-order valence-electron chi connectivity index (χ3n) is 4.90. The molecule has 152 valence electrons. The van der Waals surface area contributed by atoms with Crippen LogP contribution in [0.4, 0.5) is 22.7 Å². The molecule has 3 aromatic rings. The van der Waals surface area contributed by atoms with Gasteiger partial charge in [-0.05, 0) is 35.7 Å². The second kappa shape index (κ2) is 7.72. The lowest BCUT2D eigenvalue weighted by Crippen LogP contribution is -2.24. The number of benzene rings is 2. The summed E-state index contributed by atoms with van der Waals surface area (Å²) in [5, 5.41) is 19.6. The van der Waals surface area contributed by atoms with Crippen LogP contribution in [0.3, 0.4) is 0 Å². The van der Waals surface area contributed by atoms with Gasteiger partial charge in [0.25, 0.3) is 0 Å². The highest BCUT2D eigenvalue weighted by Crippen LogP contribution is 2.39. The van der Waals surface area contributed by atoms with E-state index in [-0.39, 0.29) is 11.9 Å². The van der Waals surface area contributed by atoms with Crippen LogP contribution in [0.2, 0.25) is 0 Å². The van der Waals surface area contributed by atoms with Gasteiger partial charge in [0.1, 0.15) is 10.8 Å². The summed E-state index contributed by atoms with van der Waals surface area (Å²) >= 11 is 1.29. The van der Waals surface area contributed by atoms with Crippen molar-refractivity contribution in [3.63, 3.8) is 0 Å². The topological polar surface area (TPSA) is 49.2 Å². The summed E-state index contributed by atoms with van der Waals surface area (Å²) in [5.41, 5.74) is 0.464. The lowest BCUT2D eigenvalue weighted by molar-refractivity contribution is -0.137. The molecule has 0 saturated carbocycles. The van der Waals surface area contributed by atoms with E-state index in [1.165, 1.54) is 29.5 Å². The Kier molecular flexibility index (Phi) is 5.26. The molecule has 1 saturated heterocycles. The van der Waals surface area contributed by atoms with Crippen LogP contribution >= 0.6 is 11.3 Å². The quantitative estimate of drug-likeness (QED) is 0.624. The first-order valence-electron chi connectivity index (χ1n) is 8.99. The summed E-state index contributed by atoms with van der Waals surface area (Å²) in [6.45, 7) is 0.306. The average molecular weight is 423 g/mol. The molecule has 0 bridgehead atoms. The Balaban J connectivity index is 1.56. The minimum Gasteiger partial charge on any atom is -0.391 e. The van der Waals surface area contributed by atoms with Gasteiger partial charge in [-0.2, -0.15) is 13.2 Å². The Labute approximate surface area is 168 Å². The van der Waals surface area contributed by atoms with E-state index in [2.05, 4.69) is 10.2 Å². The minimum absolute atomic E-state index is 0.297. The zero-order valence-electron chi connectivity index (χ0n) is 15.1. The van der Waals surface area contributed by atoms with Crippen molar-refractivity contribution in [2.24, 2.45) is 0 Å². The molecule has 0 spiro atoms.